The molecule has 3 atom stereocenters. The Bertz CT molecular complexity index is 1450. The van der Waals surface area contributed by atoms with Crippen molar-refractivity contribution in [1.29, 1.82) is 0 Å². The minimum Gasteiger partial charge on any atom is -0.388 e. The lowest BCUT2D eigenvalue weighted by Crippen LogP contribution is -2.56. The summed E-state index contributed by atoms with van der Waals surface area (Å²) in [5.41, 5.74) is -0.910. The summed E-state index contributed by atoms with van der Waals surface area (Å²) in [6, 6.07) is 3.40. The minimum atomic E-state index is -2.91. The second-order valence-corrected chi connectivity index (χ2v) is 8.05. The zero-order valence-corrected chi connectivity index (χ0v) is 18.2. The highest BCUT2D eigenvalue weighted by Gasteiger charge is 2.58. The molecule has 0 radical (unpaired) electrons. The molecule has 5 N–H and O–H groups in total. The van der Waals surface area contributed by atoms with E-state index >= 15 is 0 Å². The first kappa shape index (κ1) is 18.8. The quantitative estimate of drug-likeness (QED) is 0.262. The van der Waals surface area contributed by atoms with Crippen molar-refractivity contribution in [2.45, 2.75) is 24.5 Å². The molecule has 3 unspecified atom stereocenters. The van der Waals surface area contributed by atoms with Gasteiger partial charge in [0.05, 0.1) is 17.8 Å². The van der Waals surface area contributed by atoms with Crippen molar-refractivity contribution in [3.8, 4) is 11.4 Å². The predicted molar refractivity (Wildman–Crippen MR) is 122 cm³/mol. The number of carbonyl (C=O) groups excluding carboxylic acids is 1. The second-order valence-electron chi connectivity index (χ2n) is 7.61. The van der Waals surface area contributed by atoms with E-state index in [2.05, 4.69) is 30.2 Å². The van der Waals surface area contributed by atoms with Gasteiger partial charge in [0.1, 0.15) is 17.7 Å². The normalized spacial score (nSPS) is 23.9. The van der Waals surface area contributed by atoms with Crippen molar-refractivity contribution >= 4 is 34.6 Å². The molecule has 0 spiro atoms. The van der Waals surface area contributed by atoms with Gasteiger partial charge in [-0.15, -0.1) is 0 Å². The molecule has 1 fully saturated rings. The summed E-state index contributed by atoms with van der Waals surface area (Å²) in [6.45, 7) is -3.13. The van der Waals surface area contributed by atoms with Crippen molar-refractivity contribution in [2.24, 2.45) is 0 Å². The fourth-order valence-corrected chi connectivity index (χ4v) is 4.04. The number of halogens is 1. The number of hydrogen-bond acceptors (Lipinski definition) is 9. The van der Waals surface area contributed by atoms with Crippen LogP contribution in [0.3, 0.4) is 0 Å². The molecule has 0 aliphatic carbocycles. The van der Waals surface area contributed by atoms with Crippen molar-refractivity contribution < 1.29 is 23.9 Å². The largest absolute Gasteiger partial charge is 0.388 e. The number of likely N-dealkylation sites (N-methyl/N-ethyl adjacent to an activating group) is 1. The zero-order valence-electron chi connectivity index (χ0n) is 20.4. The molecule has 0 saturated carbocycles. The van der Waals surface area contributed by atoms with Gasteiger partial charge in [0.2, 0.25) is 5.95 Å². The molecule has 5 heterocycles. The van der Waals surface area contributed by atoms with Crippen molar-refractivity contribution in [1.82, 2.24) is 34.8 Å². The van der Waals surface area contributed by atoms with Crippen LogP contribution in [0.1, 0.15) is 9.68 Å². The number of fused-ring (bicyclic) bond motifs is 1. The van der Waals surface area contributed by atoms with Gasteiger partial charge in [-0.05, 0) is 17.7 Å². The van der Waals surface area contributed by atoms with E-state index in [0.717, 1.165) is 10.1 Å². The number of amides is 1. The van der Waals surface area contributed by atoms with Crippen LogP contribution >= 0.6 is 11.6 Å². The van der Waals surface area contributed by atoms with Gasteiger partial charge in [-0.2, -0.15) is 0 Å². The maximum Gasteiger partial charge on any atom is 0.276 e. The molecule has 5 rings (SSSR count). The Balaban J connectivity index is 1.72. The lowest BCUT2D eigenvalue weighted by Gasteiger charge is -2.32. The molecule has 176 valence electrons. The SMILES string of the molecule is [2H]C([2H])([2H])NC(=O)C1(n2c(NCc3cc[nH]c3)nc3cnc(-c4cncc(Cl)c4)nc32)OCC(O)C1O. The Morgan fingerprint density at radius 1 is 1.41 bits per heavy atom. The first-order valence-electron chi connectivity index (χ1n) is 11.6. The molecule has 1 aliphatic rings. The third-order valence-corrected chi connectivity index (χ3v) is 5.69. The number of aliphatic hydroxyl groups excluding tert-OH is 2. The number of aromatic amines is 1. The van der Waals surface area contributed by atoms with Gasteiger partial charge in [0, 0.05) is 48.0 Å². The monoisotopic (exact) mass is 487 g/mol. The molecule has 4 aromatic rings. The molecule has 34 heavy (non-hydrogen) atoms. The summed E-state index contributed by atoms with van der Waals surface area (Å²) in [6.07, 6.45) is 4.41. The molecule has 12 nitrogen and oxygen atoms in total. The average molecular weight is 488 g/mol. The van der Waals surface area contributed by atoms with Crippen molar-refractivity contribution in [3.05, 3.63) is 53.7 Å². The van der Waals surface area contributed by atoms with Gasteiger partial charge in [-0.1, -0.05) is 11.6 Å². The van der Waals surface area contributed by atoms with E-state index in [1.807, 2.05) is 11.4 Å². The maximum absolute atomic E-state index is 13.4. The number of nitrogens with one attached hydrogen (secondary N) is 3. The highest BCUT2D eigenvalue weighted by molar-refractivity contribution is 6.30. The van der Waals surface area contributed by atoms with Crippen LogP contribution in [0, 0.1) is 0 Å². The van der Waals surface area contributed by atoms with E-state index in [1.165, 1.54) is 18.6 Å². The fraction of sp³-hybridized carbons (Fsp3) is 0.286. The lowest BCUT2D eigenvalue weighted by atomic mass is 10.0. The van der Waals surface area contributed by atoms with E-state index < -0.39 is 37.4 Å². The number of aromatic nitrogens is 6. The second kappa shape index (κ2) is 8.65. The molecule has 13 heteroatoms. The van der Waals surface area contributed by atoms with Crippen LogP contribution in [0.2, 0.25) is 5.02 Å². The average Bonchev–Trinajstić information content (AvgIpc) is 3.55. The molecule has 0 aromatic carbocycles. The van der Waals surface area contributed by atoms with Crippen LogP contribution in [0.5, 0.6) is 0 Å². The molecular formula is C21H21ClN8O4. The highest BCUT2D eigenvalue weighted by atomic mass is 35.5. The topological polar surface area (TPSA) is 163 Å². The lowest BCUT2D eigenvalue weighted by molar-refractivity contribution is -0.167. The molecule has 0 bridgehead atoms. The zero-order chi connectivity index (χ0) is 26.4. The number of anilines is 1. The summed E-state index contributed by atoms with van der Waals surface area (Å²) >= 11 is 6.07. The summed E-state index contributed by atoms with van der Waals surface area (Å²) < 4.78 is 29.4. The Hall–Kier alpha value is -3.58. The minimum absolute atomic E-state index is 0.0145. The van der Waals surface area contributed by atoms with E-state index in [1.54, 1.807) is 18.5 Å². The number of hydrogen-bond donors (Lipinski definition) is 5. The van der Waals surface area contributed by atoms with E-state index in [4.69, 9.17) is 20.5 Å². The Labute approximate surface area is 202 Å². The molecular weight excluding hydrogens is 464 g/mol. The van der Waals surface area contributed by atoms with Crippen LogP contribution in [0.25, 0.3) is 22.6 Å². The third-order valence-electron chi connectivity index (χ3n) is 5.49. The van der Waals surface area contributed by atoms with Gasteiger partial charge >= 0.3 is 0 Å². The molecule has 1 aliphatic heterocycles. The summed E-state index contributed by atoms with van der Waals surface area (Å²) in [5, 5.41) is 26.7. The van der Waals surface area contributed by atoms with Gasteiger partial charge in [0.15, 0.2) is 11.5 Å². The van der Waals surface area contributed by atoms with Gasteiger partial charge < -0.3 is 30.6 Å². The Kier molecular flexibility index (Phi) is 4.78. The summed E-state index contributed by atoms with van der Waals surface area (Å²) in [5.74, 6) is -1.04. The van der Waals surface area contributed by atoms with Crippen LogP contribution in [0.15, 0.2) is 43.1 Å². The van der Waals surface area contributed by atoms with Gasteiger partial charge in [-0.25, -0.2) is 15.0 Å². The molecule has 1 saturated heterocycles. The van der Waals surface area contributed by atoms with E-state index in [0.29, 0.717) is 10.6 Å². The van der Waals surface area contributed by atoms with E-state index in [-0.39, 0.29) is 29.5 Å². The molecule has 1 amide bonds. The predicted octanol–water partition coefficient (Wildman–Crippen LogP) is 0.633. The number of pyridine rings is 1. The maximum atomic E-state index is 13.4. The van der Waals surface area contributed by atoms with Gasteiger partial charge in [0.25, 0.3) is 11.6 Å². The first-order chi connectivity index (χ1) is 17.6. The van der Waals surface area contributed by atoms with Crippen molar-refractivity contribution in [2.75, 3.05) is 18.9 Å². The smallest absolute Gasteiger partial charge is 0.276 e. The van der Waals surface area contributed by atoms with Crippen LogP contribution in [-0.4, -0.2) is 71.4 Å². The number of ether oxygens (including phenoxy) is 1. The standard InChI is InChI=1S/C21H21ClN8O4/c1-23-19(33)21(16(32)15(31)10-34-21)30-18-14(28-20(30)27-6-11-2-3-24-5-11)9-26-17(29-18)12-4-13(22)8-25-7-12/h2-5,7-9,15-16,24,31-32H,6,10H2,1H3,(H,23,33)(H,27,28)/i1D3. The Morgan fingerprint density at radius 3 is 3.00 bits per heavy atom. The number of H-pyrrole nitrogens is 1. The third kappa shape index (κ3) is 3.56. The van der Waals surface area contributed by atoms with Crippen LogP contribution < -0.4 is 10.6 Å². The van der Waals surface area contributed by atoms with Gasteiger partial charge in [-0.3, -0.25) is 14.3 Å². The van der Waals surface area contributed by atoms with Crippen molar-refractivity contribution in [3.63, 3.8) is 0 Å². The molecule has 4 aromatic heterocycles. The van der Waals surface area contributed by atoms with E-state index in [9.17, 15) is 15.0 Å². The fourth-order valence-electron chi connectivity index (χ4n) is 3.87. The number of carbonyl (C=O) groups is 1. The number of imidazole rings is 1. The first-order valence-corrected chi connectivity index (χ1v) is 10.5. The number of rotatable bonds is 6. The number of nitrogens with zero attached hydrogens (tertiary/aromatic N) is 5. The van der Waals surface area contributed by atoms with Crippen LogP contribution in [0.4, 0.5) is 5.95 Å². The van der Waals surface area contributed by atoms with Crippen LogP contribution in [-0.2, 0) is 21.8 Å². The Morgan fingerprint density at radius 2 is 2.29 bits per heavy atom. The number of aliphatic hydroxyl groups is 2. The highest BCUT2D eigenvalue weighted by Crippen LogP contribution is 2.38. The summed E-state index contributed by atoms with van der Waals surface area (Å²) in [7, 11) is 0. The summed E-state index contributed by atoms with van der Waals surface area (Å²) in [4.78, 5) is 33.7.